The standard InChI is InChI=1S/C23H32N2O2S/c1-5-12-24(22(26)14-18(2)3)17-23(27)25(15-20-9-7-6-8-10-20)16-21-19(4)11-13-28-21/h6-11,13,18H,5,12,14-17H2,1-4H3. The first kappa shape index (κ1) is 22.2. The quantitative estimate of drug-likeness (QED) is 0.571. The average Bonchev–Trinajstić information content (AvgIpc) is 3.05. The van der Waals surface area contributed by atoms with Gasteiger partial charge in [0.2, 0.25) is 11.8 Å². The van der Waals surface area contributed by atoms with Crippen LogP contribution in [0.1, 0.15) is 49.6 Å². The molecule has 0 bridgehead atoms. The van der Waals surface area contributed by atoms with Crippen LogP contribution in [0.2, 0.25) is 0 Å². The minimum Gasteiger partial charge on any atom is -0.333 e. The molecule has 0 saturated heterocycles. The number of aryl methyl sites for hydroxylation is 1. The summed E-state index contributed by atoms with van der Waals surface area (Å²) in [5.41, 5.74) is 2.30. The number of nitrogens with zero attached hydrogens (tertiary/aromatic N) is 2. The summed E-state index contributed by atoms with van der Waals surface area (Å²) in [6, 6.07) is 12.1. The lowest BCUT2D eigenvalue weighted by Crippen LogP contribution is -2.43. The Morgan fingerprint density at radius 1 is 1.00 bits per heavy atom. The summed E-state index contributed by atoms with van der Waals surface area (Å²) in [6.45, 7) is 10.1. The van der Waals surface area contributed by atoms with E-state index < -0.39 is 0 Å². The van der Waals surface area contributed by atoms with Gasteiger partial charge in [0, 0.05) is 24.4 Å². The average molecular weight is 401 g/mol. The molecular formula is C23H32N2O2S. The predicted molar refractivity (Wildman–Crippen MR) is 116 cm³/mol. The number of carbonyl (C=O) groups is 2. The predicted octanol–water partition coefficient (Wildman–Crippen LogP) is 4.87. The molecular weight excluding hydrogens is 368 g/mol. The maximum absolute atomic E-state index is 13.2. The SMILES string of the molecule is CCCN(CC(=O)N(Cc1ccccc1)Cc1sccc1C)C(=O)CC(C)C. The number of hydrogen-bond acceptors (Lipinski definition) is 3. The molecule has 0 spiro atoms. The van der Waals surface area contributed by atoms with Crippen LogP contribution in [0.3, 0.4) is 0 Å². The van der Waals surface area contributed by atoms with Crippen LogP contribution in [0, 0.1) is 12.8 Å². The Bertz CT molecular complexity index is 755. The maximum atomic E-state index is 13.2. The highest BCUT2D eigenvalue weighted by molar-refractivity contribution is 7.10. The molecule has 0 atom stereocenters. The van der Waals surface area contributed by atoms with E-state index in [9.17, 15) is 9.59 Å². The van der Waals surface area contributed by atoms with Crippen molar-refractivity contribution in [1.82, 2.24) is 9.80 Å². The third-order valence-corrected chi connectivity index (χ3v) is 5.63. The summed E-state index contributed by atoms with van der Waals surface area (Å²) in [7, 11) is 0. The molecule has 2 aromatic rings. The molecule has 0 aliphatic heterocycles. The first-order valence-electron chi connectivity index (χ1n) is 10.0. The van der Waals surface area contributed by atoms with Gasteiger partial charge in [-0.3, -0.25) is 9.59 Å². The Morgan fingerprint density at radius 2 is 1.71 bits per heavy atom. The topological polar surface area (TPSA) is 40.6 Å². The molecule has 0 fully saturated rings. The number of thiophene rings is 1. The van der Waals surface area contributed by atoms with Gasteiger partial charge in [-0.25, -0.2) is 0 Å². The van der Waals surface area contributed by atoms with Gasteiger partial charge in [-0.2, -0.15) is 0 Å². The highest BCUT2D eigenvalue weighted by Gasteiger charge is 2.22. The summed E-state index contributed by atoms with van der Waals surface area (Å²) >= 11 is 1.68. The van der Waals surface area contributed by atoms with E-state index >= 15 is 0 Å². The minimum absolute atomic E-state index is 0.00205. The van der Waals surface area contributed by atoms with Crippen LogP contribution >= 0.6 is 11.3 Å². The Morgan fingerprint density at radius 3 is 2.29 bits per heavy atom. The third kappa shape index (κ3) is 6.79. The van der Waals surface area contributed by atoms with Crippen molar-refractivity contribution < 1.29 is 9.59 Å². The molecule has 4 nitrogen and oxygen atoms in total. The maximum Gasteiger partial charge on any atom is 0.242 e. The Hall–Kier alpha value is -2.14. The molecule has 28 heavy (non-hydrogen) atoms. The van der Waals surface area contributed by atoms with Crippen molar-refractivity contribution in [2.24, 2.45) is 5.92 Å². The second kappa shape index (κ2) is 11.0. The van der Waals surface area contributed by atoms with Crippen LogP contribution in [-0.4, -0.2) is 34.7 Å². The van der Waals surface area contributed by atoms with Gasteiger partial charge in [0.05, 0.1) is 13.1 Å². The highest BCUT2D eigenvalue weighted by atomic mass is 32.1. The number of rotatable bonds is 10. The van der Waals surface area contributed by atoms with Gasteiger partial charge < -0.3 is 9.80 Å². The van der Waals surface area contributed by atoms with E-state index in [1.807, 2.05) is 56.0 Å². The lowest BCUT2D eigenvalue weighted by Gasteiger charge is -2.28. The van der Waals surface area contributed by atoms with E-state index in [2.05, 4.69) is 18.4 Å². The molecule has 0 aliphatic carbocycles. The van der Waals surface area contributed by atoms with Crippen molar-refractivity contribution >= 4 is 23.2 Å². The van der Waals surface area contributed by atoms with Crippen molar-refractivity contribution in [2.45, 2.75) is 53.6 Å². The fourth-order valence-corrected chi connectivity index (χ4v) is 4.00. The highest BCUT2D eigenvalue weighted by Crippen LogP contribution is 2.20. The van der Waals surface area contributed by atoms with Gasteiger partial charge in [-0.15, -0.1) is 11.3 Å². The molecule has 0 N–H and O–H groups in total. The summed E-state index contributed by atoms with van der Waals surface area (Å²) in [5.74, 6) is 0.357. The number of amides is 2. The first-order valence-corrected chi connectivity index (χ1v) is 10.9. The Kier molecular flexibility index (Phi) is 8.71. The van der Waals surface area contributed by atoms with Crippen LogP contribution in [0.15, 0.2) is 41.8 Å². The van der Waals surface area contributed by atoms with Crippen molar-refractivity contribution in [3.8, 4) is 0 Å². The fourth-order valence-electron chi connectivity index (χ4n) is 3.08. The zero-order chi connectivity index (χ0) is 20.5. The van der Waals surface area contributed by atoms with Crippen molar-refractivity contribution in [1.29, 1.82) is 0 Å². The zero-order valence-corrected chi connectivity index (χ0v) is 18.3. The van der Waals surface area contributed by atoms with Gasteiger partial charge >= 0.3 is 0 Å². The number of carbonyl (C=O) groups excluding carboxylic acids is 2. The Labute approximate surface area is 173 Å². The third-order valence-electron chi connectivity index (χ3n) is 4.63. The molecule has 0 radical (unpaired) electrons. The van der Waals surface area contributed by atoms with Crippen LogP contribution in [-0.2, 0) is 22.7 Å². The van der Waals surface area contributed by atoms with Crippen LogP contribution in [0.25, 0.3) is 0 Å². The normalized spacial score (nSPS) is 10.9. The van der Waals surface area contributed by atoms with E-state index in [0.29, 0.717) is 26.1 Å². The summed E-state index contributed by atoms with van der Waals surface area (Å²) in [4.78, 5) is 30.6. The summed E-state index contributed by atoms with van der Waals surface area (Å²) < 4.78 is 0. The monoisotopic (exact) mass is 400 g/mol. The Balaban J connectivity index is 2.16. The second-order valence-corrected chi connectivity index (χ2v) is 8.68. The van der Waals surface area contributed by atoms with E-state index in [1.54, 1.807) is 16.2 Å². The van der Waals surface area contributed by atoms with E-state index in [0.717, 1.165) is 12.0 Å². The van der Waals surface area contributed by atoms with Crippen LogP contribution in [0.4, 0.5) is 0 Å². The molecule has 2 amide bonds. The zero-order valence-electron chi connectivity index (χ0n) is 17.5. The minimum atomic E-state index is 0.00205. The van der Waals surface area contributed by atoms with Crippen LogP contribution < -0.4 is 0 Å². The molecule has 0 aliphatic rings. The van der Waals surface area contributed by atoms with Gasteiger partial charge in [0.25, 0.3) is 0 Å². The number of benzene rings is 1. The van der Waals surface area contributed by atoms with Gasteiger partial charge in [0.1, 0.15) is 0 Å². The summed E-state index contributed by atoms with van der Waals surface area (Å²) in [6.07, 6.45) is 1.33. The van der Waals surface area contributed by atoms with Crippen molar-refractivity contribution in [2.75, 3.05) is 13.1 Å². The molecule has 152 valence electrons. The van der Waals surface area contributed by atoms with E-state index in [-0.39, 0.29) is 24.3 Å². The largest absolute Gasteiger partial charge is 0.333 e. The molecule has 2 rings (SSSR count). The molecule has 0 saturated carbocycles. The van der Waals surface area contributed by atoms with Gasteiger partial charge in [0.15, 0.2) is 0 Å². The van der Waals surface area contributed by atoms with Gasteiger partial charge in [-0.1, -0.05) is 51.1 Å². The van der Waals surface area contributed by atoms with Crippen molar-refractivity contribution in [3.63, 3.8) is 0 Å². The van der Waals surface area contributed by atoms with Crippen LogP contribution in [0.5, 0.6) is 0 Å². The molecule has 1 heterocycles. The van der Waals surface area contributed by atoms with E-state index in [4.69, 9.17) is 0 Å². The lowest BCUT2D eigenvalue weighted by molar-refractivity contribution is -0.141. The number of hydrogen-bond donors (Lipinski definition) is 0. The smallest absolute Gasteiger partial charge is 0.242 e. The lowest BCUT2D eigenvalue weighted by atomic mass is 10.1. The molecule has 5 heteroatoms. The second-order valence-electron chi connectivity index (χ2n) is 7.68. The molecule has 1 aromatic carbocycles. The molecule has 0 unspecified atom stereocenters. The van der Waals surface area contributed by atoms with E-state index in [1.165, 1.54) is 10.4 Å². The first-order chi connectivity index (χ1) is 13.4. The summed E-state index contributed by atoms with van der Waals surface area (Å²) in [5, 5.41) is 2.06. The fraction of sp³-hybridized carbons (Fsp3) is 0.478. The molecule has 1 aromatic heterocycles. The van der Waals surface area contributed by atoms with Crippen molar-refractivity contribution in [3.05, 3.63) is 57.8 Å². The van der Waals surface area contributed by atoms with Gasteiger partial charge in [-0.05, 0) is 41.8 Å².